The molecule has 9 nitrogen and oxygen atoms in total. The number of imidazole rings is 1. The van der Waals surface area contributed by atoms with E-state index >= 15 is 0 Å². The number of ether oxygens (including phenoxy) is 1. The Morgan fingerprint density at radius 2 is 1.66 bits per heavy atom. The van der Waals surface area contributed by atoms with Crippen molar-refractivity contribution in [3.05, 3.63) is 143 Å². The second-order valence-electron chi connectivity index (χ2n) is 11.1. The number of rotatable bonds is 8. The van der Waals surface area contributed by atoms with Crippen molar-refractivity contribution in [2.75, 3.05) is 10.6 Å². The summed E-state index contributed by atoms with van der Waals surface area (Å²) < 4.78 is 49.1. The van der Waals surface area contributed by atoms with Gasteiger partial charge >= 0.3 is 6.18 Å². The summed E-state index contributed by atoms with van der Waals surface area (Å²) in [7, 11) is 0. The average molecular weight is 636 g/mol. The number of hydrogen-bond acceptors (Lipinski definition) is 6. The van der Waals surface area contributed by atoms with Gasteiger partial charge in [0.25, 0.3) is 5.91 Å². The van der Waals surface area contributed by atoms with Crippen LogP contribution >= 0.6 is 0 Å². The third-order valence-corrected chi connectivity index (χ3v) is 7.90. The number of nitrogens with zero attached hydrogens (tertiary/aromatic N) is 5. The first-order chi connectivity index (χ1) is 22.7. The number of anilines is 2. The topological polar surface area (TPSA) is 98.9 Å². The van der Waals surface area contributed by atoms with Crippen molar-refractivity contribution >= 4 is 28.6 Å². The van der Waals surface area contributed by atoms with Gasteiger partial charge in [-0.3, -0.25) is 9.36 Å². The number of amides is 1. The predicted molar refractivity (Wildman–Crippen MR) is 171 cm³/mol. The summed E-state index contributed by atoms with van der Waals surface area (Å²) in [6.07, 6.45) is -2.63. The van der Waals surface area contributed by atoms with Gasteiger partial charge in [-0.2, -0.15) is 13.2 Å². The van der Waals surface area contributed by atoms with Crippen LogP contribution in [0.3, 0.4) is 0 Å². The number of aromatic nitrogens is 5. The second kappa shape index (κ2) is 12.1. The van der Waals surface area contributed by atoms with Crippen LogP contribution in [0.1, 0.15) is 35.3 Å². The van der Waals surface area contributed by atoms with Gasteiger partial charge in [0.15, 0.2) is 0 Å². The van der Waals surface area contributed by atoms with Crippen molar-refractivity contribution in [3.8, 4) is 5.75 Å². The Hall–Kier alpha value is -5.91. The van der Waals surface area contributed by atoms with Crippen LogP contribution in [0.4, 0.5) is 24.8 Å². The fourth-order valence-electron chi connectivity index (χ4n) is 5.67. The molecule has 236 valence electrons. The summed E-state index contributed by atoms with van der Waals surface area (Å²) in [5.41, 5.74) is 4.55. The van der Waals surface area contributed by atoms with Crippen molar-refractivity contribution in [2.24, 2.45) is 0 Å². The molecule has 0 spiro atoms. The number of fused-ring (bicyclic) bond motifs is 3. The molecule has 3 heterocycles. The van der Waals surface area contributed by atoms with Gasteiger partial charge in [-0.25, -0.2) is 9.67 Å². The molecule has 7 rings (SSSR count). The van der Waals surface area contributed by atoms with Crippen molar-refractivity contribution in [3.63, 3.8) is 0 Å². The molecule has 6 aromatic rings. The molecule has 2 aromatic heterocycles. The van der Waals surface area contributed by atoms with Crippen LogP contribution < -0.4 is 15.4 Å². The third-order valence-electron chi connectivity index (χ3n) is 7.90. The lowest BCUT2D eigenvalue weighted by Gasteiger charge is -2.31. The maximum absolute atomic E-state index is 13.9. The van der Waals surface area contributed by atoms with Gasteiger partial charge in [0.1, 0.15) is 18.1 Å². The first-order valence-corrected chi connectivity index (χ1v) is 14.8. The lowest BCUT2D eigenvalue weighted by atomic mass is 9.94. The fourth-order valence-corrected chi connectivity index (χ4v) is 5.67. The number of halogens is 3. The molecule has 0 fully saturated rings. The summed E-state index contributed by atoms with van der Waals surface area (Å²) in [6, 6.07) is 28.8. The molecule has 1 atom stereocenters. The number of allylic oxidation sites excluding steroid dienone is 1. The van der Waals surface area contributed by atoms with Gasteiger partial charge in [-0.1, -0.05) is 59.8 Å². The van der Waals surface area contributed by atoms with Crippen LogP contribution in [0.2, 0.25) is 0 Å². The molecular weight excluding hydrogens is 607 g/mol. The molecular formula is C35H28F3N7O2. The van der Waals surface area contributed by atoms with E-state index in [-0.39, 0.29) is 12.3 Å². The molecule has 1 aliphatic rings. The summed E-state index contributed by atoms with van der Waals surface area (Å²) in [5.74, 6) is 0.716. The Labute approximate surface area is 267 Å². The maximum Gasteiger partial charge on any atom is 0.416 e. The molecule has 0 aliphatic carbocycles. The predicted octanol–water partition coefficient (Wildman–Crippen LogP) is 7.20. The lowest BCUT2D eigenvalue weighted by molar-refractivity contribution is -0.137. The van der Waals surface area contributed by atoms with Crippen molar-refractivity contribution < 1.29 is 22.7 Å². The Kier molecular flexibility index (Phi) is 7.68. The Balaban J connectivity index is 1.14. The first kappa shape index (κ1) is 29.8. The molecule has 1 amide bonds. The van der Waals surface area contributed by atoms with E-state index in [1.807, 2.05) is 89.6 Å². The molecule has 47 heavy (non-hydrogen) atoms. The van der Waals surface area contributed by atoms with E-state index in [0.717, 1.165) is 34.3 Å². The molecule has 0 bridgehead atoms. The minimum absolute atomic E-state index is 0.220. The molecule has 1 unspecified atom stereocenters. The quantitative estimate of drug-likeness (QED) is 0.184. The van der Waals surface area contributed by atoms with Gasteiger partial charge in [0, 0.05) is 11.4 Å². The van der Waals surface area contributed by atoms with Crippen molar-refractivity contribution in [1.29, 1.82) is 0 Å². The molecule has 4 aromatic carbocycles. The number of alkyl halides is 3. The van der Waals surface area contributed by atoms with E-state index in [1.54, 1.807) is 11.6 Å². The van der Waals surface area contributed by atoms with E-state index in [1.165, 1.54) is 12.1 Å². The zero-order valence-electron chi connectivity index (χ0n) is 25.1. The second-order valence-corrected chi connectivity index (χ2v) is 11.1. The van der Waals surface area contributed by atoms with E-state index in [2.05, 4.69) is 20.9 Å². The number of para-hydroxylation sites is 2. The van der Waals surface area contributed by atoms with Crippen LogP contribution in [-0.2, 0) is 24.1 Å². The highest BCUT2D eigenvalue weighted by atomic mass is 19.4. The molecule has 0 saturated carbocycles. The van der Waals surface area contributed by atoms with Gasteiger partial charge < -0.3 is 15.4 Å². The summed E-state index contributed by atoms with van der Waals surface area (Å²) >= 11 is 0. The standard InChI is InChI=1S/C35H28F3N7O2/c1-22-31(33(46)40-26-15-13-25(14-16-26)35(36,37)38)32(45-30-10-6-5-9-29(30)41-34(45)39-22)24-11-17-28(18-12-24)47-21-27-20-44(43-42-27)19-23-7-3-2-4-8-23/h2-18,20,32H,19,21H2,1H3,(H,39,41)(H,40,46). The largest absolute Gasteiger partial charge is 0.487 e. The average Bonchev–Trinajstić information content (AvgIpc) is 3.67. The van der Waals surface area contributed by atoms with E-state index < -0.39 is 23.7 Å². The minimum atomic E-state index is -4.48. The van der Waals surface area contributed by atoms with Crippen LogP contribution in [0.15, 0.2) is 121 Å². The Morgan fingerprint density at radius 3 is 2.40 bits per heavy atom. The van der Waals surface area contributed by atoms with E-state index in [0.29, 0.717) is 35.2 Å². The number of benzene rings is 4. The number of carbonyl (C=O) groups excluding carboxylic acids is 1. The Morgan fingerprint density at radius 1 is 0.936 bits per heavy atom. The van der Waals surface area contributed by atoms with E-state index in [4.69, 9.17) is 9.72 Å². The molecule has 2 N–H and O–H groups in total. The van der Waals surface area contributed by atoms with E-state index in [9.17, 15) is 18.0 Å². The van der Waals surface area contributed by atoms with Crippen LogP contribution in [0.5, 0.6) is 5.75 Å². The molecule has 12 heteroatoms. The van der Waals surface area contributed by atoms with Gasteiger partial charge in [-0.05, 0) is 66.6 Å². The van der Waals surface area contributed by atoms with Crippen LogP contribution in [0, 0.1) is 0 Å². The highest BCUT2D eigenvalue weighted by Gasteiger charge is 2.34. The normalized spacial score (nSPS) is 14.5. The Bertz CT molecular complexity index is 2080. The van der Waals surface area contributed by atoms with Gasteiger partial charge in [-0.15, -0.1) is 5.10 Å². The number of carbonyl (C=O) groups is 1. The number of nitrogens with one attached hydrogen (secondary N) is 2. The summed E-state index contributed by atoms with van der Waals surface area (Å²) in [6.45, 7) is 2.60. The van der Waals surface area contributed by atoms with Crippen LogP contribution in [0.25, 0.3) is 11.0 Å². The van der Waals surface area contributed by atoms with Crippen molar-refractivity contribution in [2.45, 2.75) is 32.3 Å². The zero-order valence-corrected chi connectivity index (χ0v) is 25.1. The minimum Gasteiger partial charge on any atom is -0.487 e. The van der Waals surface area contributed by atoms with Crippen LogP contribution in [-0.4, -0.2) is 30.5 Å². The smallest absolute Gasteiger partial charge is 0.416 e. The third kappa shape index (κ3) is 6.17. The number of hydrogen-bond donors (Lipinski definition) is 2. The monoisotopic (exact) mass is 635 g/mol. The fraction of sp³-hybridized carbons (Fsp3) is 0.143. The molecule has 0 saturated heterocycles. The maximum atomic E-state index is 13.9. The van der Waals surface area contributed by atoms with Gasteiger partial charge in [0.05, 0.1) is 41.0 Å². The highest BCUT2D eigenvalue weighted by Crippen LogP contribution is 2.40. The first-order valence-electron chi connectivity index (χ1n) is 14.8. The molecule has 1 aliphatic heterocycles. The zero-order chi connectivity index (χ0) is 32.5. The van der Waals surface area contributed by atoms with Crippen molar-refractivity contribution in [1.82, 2.24) is 24.5 Å². The molecule has 0 radical (unpaired) electrons. The summed E-state index contributed by atoms with van der Waals surface area (Å²) in [5, 5.41) is 14.4. The highest BCUT2D eigenvalue weighted by molar-refractivity contribution is 6.06. The lowest BCUT2D eigenvalue weighted by Crippen LogP contribution is -2.30. The van der Waals surface area contributed by atoms with Gasteiger partial charge in [0.2, 0.25) is 5.95 Å². The summed E-state index contributed by atoms with van der Waals surface area (Å²) in [4.78, 5) is 18.6. The SMILES string of the molecule is CC1=C(C(=O)Nc2ccc(C(F)(F)F)cc2)C(c2ccc(OCc3cn(Cc4ccccc4)nn3)cc2)n2c(nc3ccccc32)N1.